The molecule has 2 N–H and O–H groups in total. The summed E-state index contributed by atoms with van der Waals surface area (Å²) in [6.07, 6.45) is 4.53. The number of sulfonamides is 1. The van der Waals surface area contributed by atoms with Crippen molar-refractivity contribution in [1.29, 1.82) is 0 Å². The fraction of sp³-hybridized carbons (Fsp3) is 0.0952. The number of anilines is 2. The number of rotatable bonds is 6. The molecule has 2 heterocycles. The smallest absolute Gasteiger partial charge is 0.229 e. The third-order valence-electron chi connectivity index (χ3n) is 4.22. The first-order chi connectivity index (χ1) is 14.0. The van der Waals surface area contributed by atoms with E-state index < -0.39 is 10.0 Å². The Hall–Kier alpha value is -3.52. The van der Waals surface area contributed by atoms with E-state index in [9.17, 15) is 8.42 Å². The molecule has 2 aromatic carbocycles. The van der Waals surface area contributed by atoms with E-state index in [4.69, 9.17) is 0 Å². The largest absolute Gasteiger partial charge is 0.365 e. The van der Waals surface area contributed by atoms with Crippen molar-refractivity contribution in [2.45, 2.75) is 6.54 Å². The molecule has 0 unspecified atom stereocenters. The lowest BCUT2D eigenvalue weighted by atomic mass is 10.1. The van der Waals surface area contributed by atoms with Crippen LogP contribution >= 0.6 is 0 Å². The van der Waals surface area contributed by atoms with Crippen LogP contribution in [-0.4, -0.2) is 29.6 Å². The highest BCUT2D eigenvalue weighted by molar-refractivity contribution is 7.92. The third-order valence-corrected chi connectivity index (χ3v) is 4.83. The molecule has 4 rings (SSSR count). The van der Waals surface area contributed by atoms with Gasteiger partial charge >= 0.3 is 0 Å². The monoisotopic (exact) mass is 405 g/mol. The van der Waals surface area contributed by atoms with E-state index in [-0.39, 0.29) is 0 Å². The molecule has 8 heteroatoms. The Morgan fingerprint density at radius 1 is 0.966 bits per heavy atom. The van der Waals surface area contributed by atoms with Crippen molar-refractivity contribution in [2.75, 3.05) is 16.3 Å². The normalized spacial score (nSPS) is 11.3. The van der Waals surface area contributed by atoms with Gasteiger partial charge in [-0.05, 0) is 35.9 Å². The molecule has 146 valence electrons. The maximum Gasteiger partial charge on any atom is 0.229 e. The van der Waals surface area contributed by atoms with E-state index in [0.29, 0.717) is 29.4 Å². The van der Waals surface area contributed by atoms with Crippen molar-refractivity contribution in [2.24, 2.45) is 0 Å². The summed E-state index contributed by atoms with van der Waals surface area (Å²) in [6, 6.07) is 18.9. The lowest BCUT2D eigenvalue weighted by Gasteiger charge is -2.13. The predicted octanol–water partition coefficient (Wildman–Crippen LogP) is 3.68. The molecule has 0 saturated heterocycles. The number of fused-ring (bicyclic) bond motifs is 1. The third kappa shape index (κ3) is 4.67. The van der Waals surface area contributed by atoms with Gasteiger partial charge in [-0.15, -0.1) is 0 Å². The number of nitrogens with one attached hydrogen (secondary N) is 2. The van der Waals surface area contributed by atoms with Crippen LogP contribution in [0.5, 0.6) is 0 Å². The summed E-state index contributed by atoms with van der Waals surface area (Å²) in [4.78, 5) is 13.5. The molecule has 29 heavy (non-hydrogen) atoms. The molecule has 0 amide bonds. The zero-order valence-electron chi connectivity index (χ0n) is 15.7. The number of nitrogens with zero attached hydrogens (tertiary/aromatic N) is 3. The second kappa shape index (κ2) is 7.84. The summed E-state index contributed by atoms with van der Waals surface area (Å²) in [5, 5.41) is 4.08. The van der Waals surface area contributed by atoms with Crippen molar-refractivity contribution >= 4 is 32.4 Å². The maximum absolute atomic E-state index is 11.6. The average Bonchev–Trinajstić information content (AvgIpc) is 2.72. The van der Waals surface area contributed by atoms with Crippen molar-refractivity contribution in [1.82, 2.24) is 15.0 Å². The minimum absolute atomic E-state index is 0.459. The second-order valence-electron chi connectivity index (χ2n) is 6.58. The minimum atomic E-state index is -3.38. The van der Waals surface area contributed by atoms with E-state index in [2.05, 4.69) is 25.0 Å². The summed E-state index contributed by atoms with van der Waals surface area (Å²) in [5.74, 6) is 1.17. The topological polar surface area (TPSA) is 96.9 Å². The molecular formula is C21H19N5O2S. The molecule has 0 aliphatic rings. The van der Waals surface area contributed by atoms with Gasteiger partial charge in [0, 0.05) is 35.6 Å². The van der Waals surface area contributed by atoms with Crippen molar-refractivity contribution in [3.8, 4) is 11.4 Å². The average molecular weight is 405 g/mol. The first-order valence-corrected chi connectivity index (χ1v) is 10.8. The summed E-state index contributed by atoms with van der Waals surface area (Å²) in [5.41, 5.74) is 3.07. The summed E-state index contributed by atoms with van der Waals surface area (Å²) >= 11 is 0. The molecule has 4 aromatic rings. The van der Waals surface area contributed by atoms with Crippen LogP contribution in [0.2, 0.25) is 0 Å². The molecule has 0 saturated carbocycles. The van der Waals surface area contributed by atoms with Crippen LogP contribution in [0.4, 0.5) is 11.5 Å². The first-order valence-electron chi connectivity index (χ1n) is 8.96. The number of benzene rings is 2. The molecule has 2 aromatic heterocycles. The molecule has 0 bridgehead atoms. The number of aromatic nitrogens is 3. The highest BCUT2D eigenvalue weighted by Crippen LogP contribution is 2.28. The van der Waals surface area contributed by atoms with Crippen molar-refractivity contribution in [3.05, 3.63) is 78.6 Å². The Morgan fingerprint density at radius 3 is 2.52 bits per heavy atom. The van der Waals surface area contributed by atoms with E-state index in [0.717, 1.165) is 22.8 Å². The molecule has 0 aliphatic carbocycles. The van der Waals surface area contributed by atoms with E-state index in [1.165, 1.54) is 0 Å². The zero-order valence-corrected chi connectivity index (χ0v) is 16.5. The minimum Gasteiger partial charge on any atom is -0.365 e. The fourth-order valence-electron chi connectivity index (χ4n) is 2.95. The molecule has 0 radical (unpaired) electrons. The summed E-state index contributed by atoms with van der Waals surface area (Å²) in [6.45, 7) is 0.573. The highest BCUT2D eigenvalue weighted by atomic mass is 32.2. The molecule has 0 aliphatic heterocycles. The second-order valence-corrected chi connectivity index (χ2v) is 8.33. The molecule has 0 atom stereocenters. The van der Waals surface area contributed by atoms with Gasteiger partial charge < -0.3 is 5.32 Å². The van der Waals surface area contributed by atoms with Crippen LogP contribution in [0.25, 0.3) is 22.3 Å². The Balaban J connectivity index is 1.79. The standard InChI is InChI=1S/C21H19N5O2S/c1-29(27,28)26-17-9-10-19-18(12-17)21(23-13-15-6-3-2-4-7-15)25-20(24-19)16-8-5-11-22-14-16/h2-12,14,26H,13H2,1H3,(H,23,24,25). The summed E-state index contributed by atoms with van der Waals surface area (Å²) in [7, 11) is -3.38. The van der Waals surface area contributed by atoms with Gasteiger partial charge in [-0.25, -0.2) is 18.4 Å². The zero-order chi connectivity index (χ0) is 20.3. The highest BCUT2D eigenvalue weighted by Gasteiger charge is 2.12. The predicted molar refractivity (Wildman–Crippen MR) is 115 cm³/mol. The van der Waals surface area contributed by atoms with Crippen LogP contribution in [0.3, 0.4) is 0 Å². The maximum atomic E-state index is 11.6. The van der Waals surface area contributed by atoms with Gasteiger partial charge in [0.1, 0.15) is 5.82 Å². The molecule has 0 spiro atoms. The van der Waals surface area contributed by atoms with Gasteiger partial charge in [-0.3, -0.25) is 9.71 Å². The lowest BCUT2D eigenvalue weighted by molar-refractivity contribution is 0.607. The number of hydrogen-bond acceptors (Lipinski definition) is 6. The Bertz CT molecular complexity index is 1250. The lowest BCUT2D eigenvalue weighted by Crippen LogP contribution is -2.10. The Labute approximate surface area is 168 Å². The number of hydrogen-bond donors (Lipinski definition) is 2. The van der Waals surface area contributed by atoms with Gasteiger partial charge in [-0.2, -0.15) is 0 Å². The van der Waals surface area contributed by atoms with Crippen LogP contribution < -0.4 is 10.0 Å². The van der Waals surface area contributed by atoms with E-state index in [1.807, 2.05) is 42.5 Å². The molecule has 0 fully saturated rings. The molecule has 7 nitrogen and oxygen atoms in total. The molecular weight excluding hydrogens is 386 g/mol. The van der Waals surface area contributed by atoms with E-state index >= 15 is 0 Å². The van der Waals surface area contributed by atoms with Gasteiger partial charge in [-0.1, -0.05) is 30.3 Å². The van der Waals surface area contributed by atoms with Crippen LogP contribution in [0.1, 0.15) is 5.56 Å². The van der Waals surface area contributed by atoms with Crippen LogP contribution in [0, 0.1) is 0 Å². The van der Waals surface area contributed by atoms with Crippen LogP contribution in [-0.2, 0) is 16.6 Å². The number of pyridine rings is 1. The summed E-state index contributed by atoms with van der Waals surface area (Å²) < 4.78 is 25.7. The van der Waals surface area contributed by atoms with Gasteiger partial charge in [0.2, 0.25) is 10.0 Å². The SMILES string of the molecule is CS(=O)(=O)Nc1ccc2nc(-c3cccnc3)nc(NCc3ccccc3)c2c1. The first kappa shape index (κ1) is 18.8. The van der Waals surface area contributed by atoms with Gasteiger partial charge in [0.15, 0.2) is 5.82 Å². The Kier molecular flexibility index (Phi) is 5.09. The van der Waals surface area contributed by atoms with Gasteiger partial charge in [0.25, 0.3) is 0 Å². The Morgan fingerprint density at radius 2 is 1.79 bits per heavy atom. The quantitative estimate of drug-likeness (QED) is 0.508. The van der Waals surface area contributed by atoms with E-state index in [1.54, 1.807) is 30.6 Å². The van der Waals surface area contributed by atoms with Crippen molar-refractivity contribution < 1.29 is 8.42 Å². The fourth-order valence-corrected chi connectivity index (χ4v) is 3.50. The van der Waals surface area contributed by atoms with Gasteiger partial charge in [0.05, 0.1) is 11.8 Å². The van der Waals surface area contributed by atoms with Crippen LogP contribution in [0.15, 0.2) is 73.1 Å². The van der Waals surface area contributed by atoms with Crippen molar-refractivity contribution in [3.63, 3.8) is 0 Å².